The van der Waals surface area contributed by atoms with E-state index in [2.05, 4.69) is 20.5 Å². The van der Waals surface area contributed by atoms with Gasteiger partial charge in [-0.3, -0.25) is 0 Å². The molecule has 5 rings (SSSR count). The standard InChI is InChI=1S/C26H26N6O2S/c1-20-13-14-27-25(19-20)28-24-11-12-26(30-29-24)31-15-17-32(18-16-31)35(33,34)23-9-7-22(8-10-23)21-5-3-2-4-6-21/h2-14,19H,15-18H2,1H3,(H,27,28,29). The molecule has 9 heteroatoms. The van der Waals surface area contributed by atoms with Crippen LogP contribution in [-0.2, 0) is 10.0 Å². The fraction of sp³-hybridized carbons (Fsp3) is 0.192. The van der Waals surface area contributed by atoms with Crippen molar-refractivity contribution in [2.75, 3.05) is 36.4 Å². The van der Waals surface area contributed by atoms with Crippen LogP contribution in [0.15, 0.2) is 90.0 Å². The average molecular weight is 487 g/mol. The number of nitrogens with one attached hydrogen (secondary N) is 1. The van der Waals surface area contributed by atoms with Gasteiger partial charge in [0.1, 0.15) is 5.82 Å². The van der Waals surface area contributed by atoms with E-state index in [1.165, 1.54) is 4.31 Å². The smallest absolute Gasteiger partial charge is 0.243 e. The average Bonchev–Trinajstić information content (AvgIpc) is 2.90. The topological polar surface area (TPSA) is 91.3 Å². The maximum Gasteiger partial charge on any atom is 0.243 e. The van der Waals surface area contributed by atoms with Gasteiger partial charge in [-0.25, -0.2) is 13.4 Å². The number of benzene rings is 2. The number of sulfonamides is 1. The molecule has 0 aliphatic carbocycles. The first kappa shape index (κ1) is 22.9. The van der Waals surface area contributed by atoms with Crippen molar-refractivity contribution >= 4 is 27.5 Å². The van der Waals surface area contributed by atoms with Crippen molar-refractivity contribution in [3.05, 3.63) is 90.6 Å². The Morgan fingerprint density at radius 1 is 0.771 bits per heavy atom. The Labute approximate surface area is 205 Å². The van der Waals surface area contributed by atoms with Gasteiger partial charge < -0.3 is 10.2 Å². The zero-order chi connectivity index (χ0) is 24.3. The monoisotopic (exact) mass is 486 g/mol. The Morgan fingerprint density at radius 2 is 1.49 bits per heavy atom. The third-order valence-corrected chi connectivity index (χ3v) is 7.90. The quantitative estimate of drug-likeness (QED) is 0.439. The van der Waals surface area contributed by atoms with Gasteiger partial charge in [0.15, 0.2) is 11.6 Å². The number of hydrogen-bond acceptors (Lipinski definition) is 7. The van der Waals surface area contributed by atoms with Gasteiger partial charge in [-0.2, -0.15) is 4.31 Å². The summed E-state index contributed by atoms with van der Waals surface area (Å²) in [7, 11) is -3.56. The number of aryl methyl sites for hydroxylation is 1. The van der Waals surface area contributed by atoms with Crippen LogP contribution in [0.5, 0.6) is 0 Å². The number of pyridine rings is 1. The molecule has 0 radical (unpaired) electrons. The third-order valence-electron chi connectivity index (χ3n) is 5.98. The number of aromatic nitrogens is 3. The highest BCUT2D eigenvalue weighted by Gasteiger charge is 2.29. The van der Waals surface area contributed by atoms with Crippen LogP contribution in [-0.4, -0.2) is 54.1 Å². The van der Waals surface area contributed by atoms with Crippen molar-refractivity contribution < 1.29 is 8.42 Å². The summed E-state index contributed by atoms with van der Waals surface area (Å²) in [6, 6.07) is 24.6. The van der Waals surface area contributed by atoms with Crippen LogP contribution < -0.4 is 10.2 Å². The van der Waals surface area contributed by atoms with Crippen LogP contribution in [0.2, 0.25) is 0 Å². The number of nitrogens with zero attached hydrogens (tertiary/aromatic N) is 5. The van der Waals surface area contributed by atoms with E-state index in [0.29, 0.717) is 42.7 Å². The number of rotatable bonds is 6. The van der Waals surface area contributed by atoms with E-state index in [-0.39, 0.29) is 0 Å². The molecule has 1 saturated heterocycles. The molecule has 3 heterocycles. The summed E-state index contributed by atoms with van der Waals surface area (Å²) in [6.07, 6.45) is 1.74. The molecule has 178 valence electrons. The largest absolute Gasteiger partial charge is 0.352 e. The first-order valence-corrected chi connectivity index (χ1v) is 12.9. The van der Waals surface area contributed by atoms with Crippen LogP contribution in [0.1, 0.15) is 5.56 Å². The first-order valence-electron chi connectivity index (χ1n) is 11.4. The summed E-state index contributed by atoms with van der Waals surface area (Å²) in [4.78, 5) is 6.63. The summed E-state index contributed by atoms with van der Waals surface area (Å²) in [5.41, 5.74) is 3.15. The zero-order valence-electron chi connectivity index (χ0n) is 19.4. The molecule has 1 aliphatic rings. The second-order valence-electron chi connectivity index (χ2n) is 8.40. The Bertz CT molecular complexity index is 1390. The molecular weight excluding hydrogens is 460 g/mol. The highest BCUT2D eigenvalue weighted by molar-refractivity contribution is 7.89. The zero-order valence-corrected chi connectivity index (χ0v) is 20.2. The molecule has 1 aliphatic heterocycles. The van der Waals surface area contributed by atoms with Crippen LogP contribution in [0.4, 0.5) is 17.5 Å². The molecule has 0 amide bonds. The second-order valence-corrected chi connectivity index (χ2v) is 10.3. The van der Waals surface area contributed by atoms with E-state index < -0.39 is 10.0 Å². The van der Waals surface area contributed by atoms with Crippen LogP contribution in [0, 0.1) is 6.92 Å². The molecule has 0 spiro atoms. The molecule has 8 nitrogen and oxygen atoms in total. The highest BCUT2D eigenvalue weighted by atomic mass is 32.2. The van der Waals surface area contributed by atoms with Crippen molar-refractivity contribution in [3.63, 3.8) is 0 Å². The molecular formula is C26H26N6O2S. The van der Waals surface area contributed by atoms with Crippen LogP contribution in [0.25, 0.3) is 11.1 Å². The summed E-state index contributed by atoms with van der Waals surface area (Å²) in [5.74, 6) is 2.03. The molecule has 2 aromatic heterocycles. The number of anilines is 3. The van der Waals surface area contributed by atoms with Crippen molar-refractivity contribution in [2.45, 2.75) is 11.8 Å². The molecule has 1 N–H and O–H groups in total. The molecule has 0 saturated carbocycles. The summed E-state index contributed by atoms with van der Waals surface area (Å²) in [6.45, 7) is 3.86. The van der Waals surface area contributed by atoms with E-state index in [1.807, 2.05) is 78.6 Å². The van der Waals surface area contributed by atoms with Crippen molar-refractivity contribution in [1.82, 2.24) is 19.5 Å². The third kappa shape index (κ3) is 5.16. The molecule has 2 aromatic carbocycles. The van der Waals surface area contributed by atoms with Gasteiger partial charge in [-0.1, -0.05) is 42.5 Å². The predicted molar refractivity (Wildman–Crippen MR) is 137 cm³/mol. The Balaban J connectivity index is 1.21. The number of piperazine rings is 1. The lowest BCUT2D eigenvalue weighted by atomic mass is 10.1. The normalized spacial score (nSPS) is 14.6. The lowest BCUT2D eigenvalue weighted by Crippen LogP contribution is -2.48. The van der Waals surface area contributed by atoms with Gasteiger partial charge in [-0.15, -0.1) is 10.2 Å². The fourth-order valence-corrected chi connectivity index (χ4v) is 5.48. The molecule has 0 unspecified atom stereocenters. The predicted octanol–water partition coefficient (Wildman–Crippen LogP) is 4.10. The fourth-order valence-electron chi connectivity index (χ4n) is 4.05. The van der Waals surface area contributed by atoms with Crippen LogP contribution in [0.3, 0.4) is 0 Å². The minimum atomic E-state index is -3.56. The Kier molecular flexibility index (Phi) is 6.43. The minimum absolute atomic E-state index is 0.311. The molecule has 35 heavy (non-hydrogen) atoms. The lowest BCUT2D eigenvalue weighted by Gasteiger charge is -2.34. The van der Waals surface area contributed by atoms with Crippen molar-refractivity contribution in [1.29, 1.82) is 0 Å². The van der Waals surface area contributed by atoms with Gasteiger partial charge >= 0.3 is 0 Å². The second kappa shape index (κ2) is 9.81. The summed E-state index contributed by atoms with van der Waals surface area (Å²) >= 11 is 0. The van der Waals surface area contributed by atoms with Crippen molar-refractivity contribution in [3.8, 4) is 11.1 Å². The Morgan fingerprint density at radius 3 is 2.14 bits per heavy atom. The van der Waals surface area contributed by atoms with Gasteiger partial charge in [0.25, 0.3) is 0 Å². The molecule has 0 atom stereocenters. The Hall–Kier alpha value is -3.82. The molecule has 1 fully saturated rings. The van der Waals surface area contributed by atoms with Gasteiger partial charge in [-0.05, 0) is 60.0 Å². The first-order chi connectivity index (χ1) is 17.0. The van der Waals surface area contributed by atoms with E-state index >= 15 is 0 Å². The van der Waals surface area contributed by atoms with E-state index in [0.717, 1.165) is 22.5 Å². The lowest BCUT2D eigenvalue weighted by molar-refractivity contribution is 0.383. The maximum atomic E-state index is 13.2. The maximum absolute atomic E-state index is 13.2. The van der Waals surface area contributed by atoms with Crippen LogP contribution >= 0.6 is 0 Å². The summed E-state index contributed by atoms with van der Waals surface area (Å²) < 4.78 is 27.9. The SMILES string of the molecule is Cc1ccnc(Nc2ccc(N3CCN(S(=O)(=O)c4ccc(-c5ccccc5)cc4)CC3)nn2)c1. The molecule has 4 aromatic rings. The number of hydrogen-bond donors (Lipinski definition) is 1. The van der Waals surface area contributed by atoms with E-state index in [9.17, 15) is 8.42 Å². The molecule has 0 bridgehead atoms. The minimum Gasteiger partial charge on any atom is -0.352 e. The van der Waals surface area contributed by atoms with E-state index in [1.54, 1.807) is 18.3 Å². The van der Waals surface area contributed by atoms with Gasteiger partial charge in [0.05, 0.1) is 4.90 Å². The summed E-state index contributed by atoms with van der Waals surface area (Å²) in [5, 5.41) is 11.7. The highest BCUT2D eigenvalue weighted by Crippen LogP contribution is 2.24. The van der Waals surface area contributed by atoms with Gasteiger partial charge in [0.2, 0.25) is 10.0 Å². The van der Waals surface area contributed by atoms with E-state index in [4.69, 9.17) is 0 Å². The van der Waals surface area contributed by atoms with Crippen molar-refractivity contribution in [2.24, 2.45) is 0 Å². The van der Waals surface area contributed by atoms with Gasteiger partial charge in [0, 0.05) is 32.4 Å².